The van der Waals surface area contributed by atoms with Gasteiger partial charge in [-0.15, -0.1) is 0 Å². The van der Waals surface area contributed by atoms with Gasteiger partial charge < -0.3 is 25.4 Å². The number of carbonyl (C=O) groups excluding carboxylic acids is 1. The Morgan fingerprint density at radius 1 is 1.30 bits per heavy atom. The number of amides is 1. The van der Waals surface area contributed by atoms with Crippen molar-refractivity contribution in [3.8, 4) is 5.75 Å². The molecule has 0 aliphatic carbocycles. The third-order valence-corrected chi connectivity index (χ3v) is 4.39. The van der Waals surface area contributed by atoms with Gasteiger partial charge in [0.25, 0.3) is 0 Å². The molecule has 1 fully saturated rings. The zero-order chi connectivity index (χ0) is 16.4. The SMILES string of the molecule is O=C(O)c1cccc2c1OB(O)[C@@H](NC(=O)C1CCNCC1)C2. The number of para-hydroxylation sites is 1. The van der Waals surface area contributed by atoms with Gasteiger partial charge >= 0.3 is 13.1 Å². The third kappa shape index (κ3) is 3.33. The number of aromatic carboxylic acids is 1. The smallest absolute Gasteiger partial charge is 0.534 e. The van der Waals surface area contributed by atoms with Gasteiger partial charge in [-0.2, -0.15) is 0 Å². The molecule has 1 saturated heterocycles. The van der Waals surface area contributed by atoms with E-state index in [4.69, 9.17) is 4.65 Å². The van der Waals surface area contributed by atoms with Crippen LogP contribution in [0, 0.1) is 5.92 Å². The minimum absolute atomic E-state index is 0.0182. The molecule has 1 amide bonds. The van der Waals surface area contributed by atoms with Crippen LogP contribution in [-0.2, 0) is 11.2 Å². The Balaban J connectivity index is 1.72. The molecule has 2 heterocycles. The molecule has 0 aromatic heterocycles. The molecule has 0 radical (unpaired) electrons. The van der Waals surface area contributed by atoms with Gasteiger partial charge in [-0.1, -0.05) is 12.1 Å². The molecule has 1 atom stereocenters. The van der Waals surface area contributed by atoms with Gasteiger partial charge in [0.1, 0.15) is 5.75 Å². The summed E-state index contributed by atoms with van der Waals surface area (Å²) in [6.07, 6.45) is 1.89. The maximum atomic E-state index is 12.3. The summed E-state index contributed by atoms with van der Waals surface area (Å²) >= 11 is 0. The first kappa shape index (κ1) is 15.8. The van der Waals surface area contributed by atoms with Crippen LogP contribution >= 0.6 is 0 Å². The van der Waals surface area contributed by atoms with Crippen LogP contribution in [0.3, 0.4) is 0 Å². The maximum absolute atomic E-state index is 12.3. The first-order valence-electron chi connectivity index (χ1n) is 7.77. The molecule has 2 aliphatic heterocycles. The molecule has 2 aliphatic rings. The lowest BCUT2D eigenvalue weighted by molar-refractivity contribution is -0.126. The fourth-order valence-electron chi connectivity index (χ4n) is 3.10. The standard InChI is InChI=1S/C15H19BN2O5/c19-14(9-4-6-17-7-5-9)18-12-8-10-2-1-3-11(15(20)21)13(10)23-16(12)22/h1-3,9,12,17,22H,4-8H2,(H,18,19)(H,20,21)/t12-/m0/s1. The number of rotatable bonds is 3. The predicted octanol–water partition coefficient (Wildman–Crippen LogP) is -0.176. The lowest BCUT2D eigenvalue weighted by atomic mass is 9.72. The highest BCUT2D eigenvalue weighted by Gasteiger charge is 2.38. The summed E-state index contributed by atoms with van der Waals surface area (Å²) in [6, 6.07) is 4.81. The Kier molecular flexibility index (Phi) is 4.54. The van der Waals surface area contributed by atoms with E-state index in [1.54, 1.807) is 12.1 Å². The van der Waals surface area contributed by atoms with E-state index in [9.17, 15) is 19.7 Å². The van der Waals surface area contributed by atoms with Gasteiger partial charge in [0.2, 0.25) is 5.91 Å². The van der Waals surface area contributed by atoms with Crippen molar-refractivity contribution in [1.82, 2.24) is 10.6 Å². The predicted molar refractivity (Wildman–Crippen MR) is 83.2 cm³/mol. The van der Waals surface area contributed by atoms with E-state index in [0.29, 0.717) is 12.0 Å². The Morgan fingerprint density at radius 2 is 2.04 bits per heavy atom. The Bertz CT molecular complexity index is 618. The molecule has 0 spiro atoms. The normalized spacial score (nSPS) is 21.3. The quantitative estimate of drug-likeness (QED) is 0.576. The van der Waals surface area contributed by atoms with Crippen LogP contribution in [0.15, 0.2) is 18.2 Å². The molecule has 0 bridgehead atoms. The van der Waals surface area contributed by atoms with Gasteiger partial charge in [0.05, 0.1) is 11.5 Å². The number of carbonyl (C=O) groups is 2. The average Bonchev–Trinajstić information content (AvgIpc) is 2.55. The Labute approximate surface area is 134 Å². The number of benzene rings is 1. The van der Waals surface area contributed by atoms with E-state index < -0.39 is 19.0 Å². The largest absolute Gasteiger partial charge is 0.547 e. The molecule has 122 valence electrons. The molecule has 8 heteroatoms. The second-order valence-corrected chi connectivity index (χ2v) is 5.95. The molecule has 0 saturated carbocycles. The lowest BCUT2D eigenvalue weighted by Gasteiger charge is -2.30. The summed E-state index contributed by atoms with van der Waals surface area (Å²) in [4.78, 5) is 23.5. The van der Waals surface area contributed by atoms with Crippen LogP contribution in [0.4, 0.5) is 0 Å². The fraction of sp³-hybridized carbons (Fsp3) is 0.467. The molecule has 23 heavy (non-hydrogen) atoms. The van der Waals surface area contributed by atoms with Gasteiger partial charge in [0, 0.05) is 5.92 Å². The molecule has 1 aromatic rings. The highest BCUT2D eigenvalue weighted by atomic mass is 16.5. The van der Waals surface area contributed by atoms with E-state index in [1.807, 2.05) is 0 Å². The van der Waals surface area contributed by atoms with Crippen LogP contribution in [-0.4, -0.2) is 48.2 Å². The van der Waals surface area contributed by atoms with E-state index in [-0.39, 0.29) is 23.1 Å². The fourth-order valence-corrected chi connectivity index (χ4v) is 3.10. The summed E-state index contributed by atoms with van der Waals surface area (Å²) in [5, 5.41) is 25.3. The van der Waals surface area contributed by atoms with Crippen molar-refractivity contribution in [1.29, 1.82) is 0 Å². The first-order chi connectivity index (χ1) is 11.1. The van der Waals surface area contributed by atoms with Crippen molar-refractivity contribution >= 4 is 19.0 Å². The number of nitrogens with one attached hydrogen (secondary N) is 2. The van der Waals surface area contributed by atoms with E-state index in [1.165, 1.54) is 6.07 Å². The highest BCUT2D eigenvalue weighted by molar-refractivity contribution is 6.47. The minimum Gasteiger partial charge on any atom is -0.534 e. The van der Waals surface area contributed by atoms with Crippen molar-refractivity contribution in [2.24, 2.45) is 5.92 Å². The van der Waals surface area contributed by atoms with Crippen LogP contribution in [0.1, 0.15) is 28.8 Å². The lowest BCUT2D eigenvalue weighted by Crippen LogP contribution is -2.55. The molecular weight excluding hydrogens is 299 g/mol. The Morgan fingerprint density at radius 3 is 2.74 bits per heavy atom. The second-order valence-electron chi connectivity index (χ2n) is 5.95. The number of carboxylic acids is 1. The summed E-state index contributed by atoms with van der Waals surface area (Å²) < 4.78 is 5.37. The van der Waals surface area contributed by atoms with Crippen molar-refractivity contribution < 1.29 is 24.4 Å². The second kappa shape index (κ2) is 6.60. The number of fused-ring (bicyclic) bond motifs is 1. The van der Waals surface area contributed by atoms with E-state index in [2.05, 4.69) is 10.6 Å². The summed E-state index contributed by atoms with van der Waals surface area (Å²) in [7, 11) is -1.26. The van der Waals surface area contributed by atoms with Gasteiger partial charge in [-0.05, 0) is 44.0 Å². The molecule has 4 N–H and O–H groups in total. The van der Waals surface area contributed by atoms with Crippen LogP contribution in [0.25, 0.3) is 0 Å². The number of carboxylic acid groups (broad SMARTS) is 1. The van der Waals surface area contributed by atoms with Crippen molar-refractivity contribution in [2.45, 2.75) is 25.2 Å². The van der Waals surface area contributed by atoms with Gasteiger partial charge in [0.15, 0.2) is 0 Å². The summed E-state index contributed by atoms with van der Waals surface area (Å²) in [6.45, 7) is 1.62. The topological polar surface area (TPSA) is 108 Å². The summed E-state index contributed by atoms with van der Waals surface area (Å²) in [5.41, 5.74) is 0.690. The third-order valence-electron chi connectivity index (χ3n) is 4.39. The van der Waals surface area contributed by atoms with Crippen molar-refractivity contribution in [3.63, 3.8) is 0 Å². The van der Waals surface area contributed by atoms with Crippen LogP contribution in [0.5, 0.6) is 5.75 Å². The molecule has 7 nitrogen and oxygen atoms in total. The van der Waals surface area contributed by atoms with Crippen LogP contribution in [0.2, 0.25) is 0 Å². The van der Waals surface area contributed by atoms with Crippen LogP contribution < -0.4 is 15.3 Å². The van der Waals surface area contributed by atoms with Gasteiger partial charge in [-0.3, -0.25) is 4.79 Å². The van der Waals surface area contributed by atoms with E-state index >= 15 is 0 Å². The number of hydrogen-bond acceptors (Lipinski definition) is 5. The van der Waals surface area contributed by atoms with E-state index in [0.717, 1.165) is 25.9 Å². The molecular formula is C15H19BN2O5. The zero-order valence-electron chi connectivity index (χ0n) is 12.6. The molecule has 0 unspecified atom stereocenters. The number of piperidine rings is 1. The van der Waals surface area contributed by atoms with Gasteiger partial charge in [-0.25, -0.2) is 4.79 Å². The van der Waals surface area contributed by atoms with Crippen molar-refractivity contribution in [2.75, 3.05) is 13.1 Å². The maximum Gasteiger partial charge on any atom is 0.547 e. The Hall–Kier alpha value is -2.06. The highest BCUT2D eigenvalue weighted by Crippen LogP contribution is 2.30. The monoisotopic (exact) mass is 318 g/mol. The average molecular weight is 318 g/mol. The first-order valence-corrected chi connectivity index (χ1v) is 7.77. The van der Waals surface area contributed by atoms with Crippen molar-refractivity contribution in [3.05, 3.63) is 29.3 Å². The summed E-state index contributed by atoms with van der Waals surface area (Å²) in [5.74, 6) is -1.65. The zero-order valence-corrected chi connectivity index (χ0v) is 12.6. The molecule has 1 aromatic carbocycles. The molecule has 3 rings (SSSR count). The number of hydrogen-bond donors (Lipinski definition) is 4. The minimum atomic E-state index is -1.26.